The lowest BCUT2D eigenvalue weighted by Gasteiger charge is -2.17. The second-order valence-electron chi connectivity index (χ2n) is 7.08. The van der Waals surface area contributed by atoms with Gasteiger partial charge < -0.3 is 9.88 Å². The molecular weight excluding hydrogens is 342 g/mol. The highest BCUT2D eigenvalue weighted by Crippen LogP contribution is 2.20. The lowest BCUT2D eigenvalue weighted by Crippen LogP contribution is -2.29. The molecule has 0 bridgehead atoms. The Hall–Kier alpha value is -3.03. The van der Waals surface area contributed by atoms with Gasteiger partial charge in [0.2, 0.25) is 0 Å². The molecule has 2 aromatic heterocycles. The second kappa shape index (κ2) is 7.69. The third-order valence-corrected chi connectivity index (χ3v) is 4.36. The maximum absolute atomic E-state index is 12.6. The molecule has 3 rings (SSSR count). The Balaban J connectivity index is 1.74. The molecular formula is C19H25N7O. The molecule has 142 valence electrons. The second-order valence-corrected chi connectivity index (χ2v) is 7.08. The van der Waals surface area contributed by atoms with Crippen molar-refractivity contribution < 1.29 is 4.79 Å². The van der Waals surface area contributed by atoms with Gasteiger partial charge in [0.15, 0.2) is 11.6 Å². The van der Waals surface area contributed by atoms with E-state index in [0.717, 1.165) is 17.2 Å². The number of carbonyl (C=O) groups is 1. The van der Waals surface area contributed by atoms with Crippen molar-refractivity contribution in [1.82, 2.24) is 34.8 Å². The zero-order valence-corrected chi connectivity index (χ0v) is 16.3. The number of carbonyl (C=O) groups excluding carboxylic acids is 1. The van der Waals surface area contributed by atoms with Crippen molar-refractivity contribution >= 4 is 5.91 Å². The van der Waals surface area contributed by atoms with E-state index in [0.29, 0.717) is 5.56 Å². The van der Waals surface area contributed by atoms with E-state index in [4.69, 9.17) is 0 Å². The van der Waals surface area contributed by atoms with Crippen LogP contribution in [0.2, 0.25) is 0 Å². The Morgan fingerprint density at radius 1 is 1.04 bits per heavy atom. The molecule has 0 aliphatic rings. The first-order valence-corrected chi connectivity index (χ1v) is 9.08. The number of rotatable bonds is 6. The van der Waals surface area contributed by atoms with Crippen LogP contribution in [-0.4, -0.2) is 35.4 Å². The normalized spacial score (nSPS) is 12.6. The number of nitrogens with zero attached hydrogens (tertiary/aromatic N) is 6. The molecule has 8 heteroatoms. The first kappa shape index (κ1) is 18.8. The van der Waals surface area contributed by atoms with E-state index in [-0.39, 0.29) is 24.0 Å². The molecule has 0 saturated carbocycles. The van der Waals surface area contributed by atoms with Crippen molar-refractivity contribution in [2.24, 2.45) is 0 Å². The molecule has 2 heterocycles. The number of hydrogen-bond donors (Lipinski definition) is 1. The van der Waals surface area contributed by atoms with Gasteiger partial charge in [-0.3, -0.25) is 4.79 Å². The Labute approximate surface area is 158 Å². The van der Waals surface area contributed by atoms with E-state index in [1.54, 1.807) is 24.8 Å². The molecule has 1 aromatic carbocycles. The number of benzene rings is 1. The summed E-state index contributed by atoms with van der Waals surface area (Å²) in [6.07, 6.45) is 3.23. The van der Waals surface area contributed by atoms with Crippen molar-refractivity contribution in [3.8, 4) is 11.4 Å². The van der Waals surface area contributed by atoms with Gasteiger partial charge in [-0.2, -0.15) is 5.10 Å². The van der Waals surface area contributed by atoms with E-state index >= 15 is 0 Å². The lowest BCUT2D eigenvalue weighted by atomic mass is 10.1. The van der Waals surface area contributed by atoms with Crippen LogP contribution in [0.4, 0.5) is 0 Å². The predicted molar refractivity (Wildman–Crippen MR) is 102 cm³/mol. The van der Waals surface area contributed by atoms with Gasteiger partial charge in [-0.1, -0.05) is 12.1 Å². The minimum absolute atomic E-state index is 0.155. The molecule has 1 N–H and O–H groups in total. The van der Waals surface area contributed by atoms with Crippen molar-refractivity contribution in [2.75, 3.05) is 0 Å². The maximum atomic E-state index is 12.6. The standard InChI is InChI=1S/C19H25N7O/c1-12(2)25-11-21-24-17(25)14(5)23-19(27)16-8-6-15(7-9-16)18-20-10-22-26(18)13(3)4/h6-14H,1-5H3,(H,23,27)/t14-/m0/s1. The summed E-state index contributed by atoms with van der Waals surface area (Å²) in [5.41, 5.74) is 1.50. The number of amides is 1. The van der Waals surface area contributed by atoms with Gasteiger partial charge >= 0.3 is 0 Å². The summed E-state index contributed by atoms with van der Waals surface area (Å²) in [5.74, 6) is 1.37. The first-order valence-electron chi connectivity index (χ1n) is 9.08. The van der Waals surface area contributed by atoms with Crippen LogP contribution >= 0.6 is 0 Å². The number of hydrogen-bond acceptors (Lipinski definition) is 5. The molecule has 1 atom stereocenters. The van der Waals surface area contributed by atoms with Gasteiger partial charge in [0, 0.05) is 23.2 Å². The quantitative estimate of drug-likeness (QED) is 0.722. The Morgan fingerprint density at radius 2 is 1.74 bits per heavy atom. The van der Waals surface area contributed by atoms with Gasteiger partial charge in [-0.05, 0) is 46.8 Å². The minimum atomic E-state index is -0.244. The average molecular weight is 367 g/mol. The molecule has 0 saturated heterocycles. The maximum Gasteiger partial charge on any atom is 0.251 e. The molecule has 8 nitrogen and oxygen atoms in total. The smallest absolute Gasteiger partial charge is 0.251 e. The van der Waals surface area contributed by atoms with Gasteiger partial charge in [-0.15, -0.1) is 10.2 Å². The zero-order chi connectivity index (χ0) is 19.6. The summed E-state index contributed by atoms with van der Waals surface area (Å²) >= 11 is 0. The third-order valence-electron chi connectivity index (χ3n) is 4.36. The van der Waals surface area contributed by atoms with E-state index in [9.17, 15) is 4.79 Å². The van der Waals surface area contributed by atoms with Crippen molar-refractivity contribution in [3.05, 3.63) is 48.3 Å². The van der Waals surface area contributed by atoms with E-state index in [1.165, 1.54) is 0 Å². The van der Waals surface area contributed by atoms with Gasteiger partial charge in [-0.25, -0.2) is 9.67 Å². The van der Waals surface area contributed by atoms with E-state index in [1.807, 2.05) is 28.3 Å². The van der Waals surface area contributed by atoms with Crippen LogP contribution in [0.25, 0.3) is 11.4 Å². The highest BCUT2D eigenvalue weighted by Gasteiger charge is 2.18. The van der Waals surface area contributed by atoms with Crippen LogP contribution in [0, 0.1) is 0 Å². The average Bonchev–Trinajstić information content (AvgIpc) is 3.31. The van der Waals surface area contributed by atoms with Crippen LogP contribution in [-0.2, 0) is 0 Å². The van der Waals surface area contributed by atoms with Gasteiger partial charge in [0.1, 0.15) is 12.7 Å². The van der Waals surface area contributed by atoms with Crippen LogP contribution in [0.5, 0.6) is 0 Å². The molecule has 1 amide bonds. The van der Waals surface area contributed by atoms with Crippen LogP contribution < -0.4 is 5.32 Å². The van der Waals surface area contributed by atoms with E-state index < -0.39 is 0 Å². The monoisotopic (exact) mass is 367 g/mol. The van der Waals surface area contributed by atoms with Crippen molar-refractivity contribution in [3.63, 3.8) is 0 Å². The van der Waals surface area contributed by atoms with Crippen molar-refractivity contribution in [1.29, 1.82) is 0 Å². The first-order chi connectivity index (χ1) is 12.9. The highest BCUT2D eigenvalue weighted by molar-refractivity contribution is 5.94. The molecule has 0 aliphatic heterocycles. The number of nitrogens with one attached hydrogen (secondary N) is 1. The van der Waals surface area contributed by atoms with Crippen molar-refractivity contribution in [2.45, 2.75) is 52.7 Å². The van der Waals surface area contributed by atoms with Crippen LogP contribution in [0.1, 0.15) is 68.9 Å². The highest BCUT2D eigenvalue weighted by atomic mass is 16.1. The Morgan fingerprint density at radius 3 is 2.37 bits per heavy atom. The van der Waals surface area contributed by atoms with Gasteiger partial charge in [0.05, 0.1) is 6.04 Å². The predicted octanol–water partition coefficient (Wildman–Crippen LogP) is 3.19. The summed E-state index contributed by atoms with van der Waals surface area (Å²) in [5, 5.41) is 15.3. The summed E-state index contributed by atoms with van der Waals surface area (Å²) < 4.78 is 3.81. The lowest BCUT2D eigenvalue weighted by molar-refractivity contribution is 0.0937. The Bertz CT molecular complexity index is 908. The fourth-order valence-corrected chi connectivity index (χ4v) is 2.91. The zero-order valence-electron chi connectivity index (χ0n) is 16.3. The summed E-state index contributed by atoms with van der Waals surface area (Å²) in [7, 11) is 0. The Kier molecular flexibility index (Phi) is 5.34. The summed E-state index contributed by atoms with van der Waals surface area (Å²) in [4.78, 5) is 16.9. The topological polar surface area (TPSA) is 90.5 Å². The number of aromatic nitrogens is 6. The SMILES string of the molecule is CC(C)n1cnnc1[C@H](C)NC(=O)c1ccc(-c2ncnn2C(C)C)cc1. The van der Waals surface area contributed by atoms with Crippen LogP contribution in [0.15, 0.2) is 36.9 Å². The summed E-state index contributed by atoms with van der Waals surface area (Å²) in [6, 6.07) is 7.56. The molecule has 0 fully saturated rings. The molecule has 0 unspecified atom stereocenters. The third kappa shape index (κ3) is 3.89. The molecule has 0 radical (unpaired) electrons. The largest absolute Gasteiger partial charge is 0.342 e. The fraction of sp³-hybridized carbons (Fsp3) is 0.421. The minimum Gasteiger partial charge on any atom is -0.342 e. The molecule has 0 aliphatic carbocycles. The van der Waals surface area contributed by atoms with E-state index in [2.05, 4.69) is 53.3 Å². The van der Waals surface area contributed by atoms with Gasteiger partial charge in [0.25, 0.3) is 5.91 Å². The summed E-state index contributed by atoms with van der Waals surface area (Å²) in [6.45, 7) is 10.1. The van der Waals surface area contributed by atoms with Crippen LogP contribution in [0.3, 0.4) is 0 Å². The molecule has 3 aromatic rings. The molecule has 27 heavy (non-hydrogen) atoms. The molecule has 0 spiro atoms. The fourth-order valence-electron chi connectivity index (χ4n) is 2.91.